The van der Waals surface area contributed by atoms with Crippen LogP contribution in [0.25, 0.3) is 10.6 Å². The van der Waals surface area contributed by atoms with Gasteiger partial charge in [0, 0.05) is 24.7 Å². The van der Waals surface area contributed by atoms with Crippen LogP contribution in [0, 0.1) is 6.92 Å². The van der Waals surface area contributed by atoms with Crippen LogP contribution in [-0.4, -0.2) is 48.6 Å². The average molecular weight is 382 g/mol. The summed E-state index contributed by atoms with van der Waals surface area (Å²) in [6, 6.07) is 5.77. The first-order valence-corrected chi connectivity index (χ1v) is 10.0. The number of hydrogen-bond donors (Lipinski definition) is 0. The van der Waals surface area contributed by atoms with E-state index in [1.54, 1.807) is 22.3 Å². The molecule has 4 heterocycles. The second-order valence-electron chi connectivity index (χ2n) is 6.90. The van der Waals surface area contributed by atoms with Gasteiger partial charge in [-0.05, 0) is 44.2 Å². The predicted octanol–water partition coefficient (Wildman–Crippen LogP) is 3.07. The molecule has 0 spiro atoms. The number of rotatable bonds is 4. The van der Waals surface area contributed by atoms with Gasteiger partial charge in [0.05, 0.1) is 10.6 Å². The van der Waals surface area contributed by atoms with Crippen molar-refractivity contribution in [3.8, 4) is 10.6 Å². The quantitative estimate of drug-likeness (QED) is 0.693. The molecule has 0 radical (unpaired) electrons. The lowest BCUT2D eigenvalue weighted by Gasteiger charge is -2.33. The summed E-state index contributed by atoms with van der Waals surface area (Å²) in [5.41, 5.74) is 1.93. The number of carbonyl (C=O) groups is 1. The molecule has 0 saturated carbocycles. The molecule has 4 rings (SSSR count). The number of thiophene rings is 1. The van der Waals surface area contributed by atoms with E-state index in [4.69, 9.17) is 4.98 Å². The van der Waals surface area contributed by atoms with Gasteiger partial charge in [-0.1, -0.05) is 6.07 Å². The van der Waals surface area contributed by atoms with Crippen molar-refractivity contribution in [2.75, 3.05) is 13.1 Å². The maximum Gasteiger partial charge on any atom is 0.247 e. The van der Waals surface area contributed by atoms with E-state index in [9.17, 15) is 4.79 Å². The fourth-order valence-corrected chi connectivity index (χ4v) is 4.19. The lowest BCUT2D eigenvalue weighted by Crippen LogP contribution is -2.42. The Kier molecular flexibility index (Phi) is 4.98. The number of amides is 1. The molecule has 0 bridgehead atoms. The minimum absolute atomic E-state index is 0.0660. The molecule has 140 valence electrons. The maximum absolute atomic E-state index is 12.9. The van der Waals surface area contributed by atoms with Gasteiger partial charge in [0.2, 0.25) is 5.91 Å². The minimum Gasteiger partial charge on any atom is -0.340 e. The van der Waals surface area contributed by atoms with Gasteiger partial charge in [0.25, 0.3) is 0 Å². The van der Waals surface area contributed by atoms with Crippen molar-refractivity contribution in [3.63, 3.8) is 0 Å². The Balaban J connectivity index is 1.54. The molecule has 1 aliphatic heterocycles. The Hall–Kier alpha value is -2.61. The monoisotopic (exact) mass is 382 g/mol. The van der Waals surface area contributed by atoms with E-state index < -0.39 is 0 Å². The molecule has 0 N–H and O–H groups in total. The number of likely N-dealkylation sites (tertiary alicyclic amines) is 1. The fraction of sp³-hybridized carbons (Fsp3) is 0.421. The van der Waals surface area contributed by atoms with Gasteiger partial charge in [-0.2, -0.15) is 5.10 Å². The highest BCUT2D eigenvalue weighted by atomic mass is 32.1. The Morgan fingerprint density at radius 1 is 1.37 bits per heavy atom. The molecule has 1 saturated heterocycles. The van der Waals surface area contributed by atoms with Crippen LogP contribution in [0.15, 0.2) is 36.2 Å². The van der Waals surface area contributed by atoms with Crippen LogP contribution in [-0.2, 0) is 4.79 Å². The van der Waals surface area contributed by atoms with Crippen LogP contribution < -0.4 is 0 Å². The van der Waals surface area contributed by atoms with E-state index in [2.05, 4.69) is 26.5 Å². The molecule has 2 atom stereocenters. The molecule has 3 aromatic rings. The van der Waals surface area contributed by atoms with E-state index in [-0.39, 0.29) is 17.9 Å². The summed E-state index contributed by atoms with van der Waals surface area (Å²) in [6.45, 7) is 5.27. The minimum atomic E-state index is -0.355. The standard InChI is InChI=1S/C19H22N6OS/c1-13-9-16(17-6-4-8-27-17)23-18(22-13)15-5-3-7-24(10-15)19(26)14(2)25-12-20-11-21-25/h4,6,8-9,11-12,14-15H,3,5,7,10H2,1-2H3/t14-,15-/m1/s1. The van der Waals surface area contributed by atoms with Crippen molar-refractivity contribution in [2.45, 2.75) is 38.6 Å². The lowest BCUT2D eigenvalue weighted by atomic mass is 9.96. The van der Waals surface area contributed by atoms with Gasteiger partial charge in [0.15, 0.2) is 0 Å². The summed E-state index contributed by atoms with van der Waals surface area (Å²) in [6.07, 6.45) is 4.98. The highest BCUT2D eigenvalue weighted by Gasteiger charge is 2.30. The zero-order valence-corrected chi connectivity index (χ0v) is 16.3. The third-order valence-corrected chi connectivity index (χ3v) is 5.83. The SMILES string of the molecule is Cc1cc(-c2cccs2)nc([C@@H]2CCCN(C(=O)[C@@H](C)n3cncn3)C2)n1. The van der Waals surface area contributed by atoms with E-state index in [0.717, 1.165) is 41.5 Å². The van der Waals surface area contributed by atoms with E-state index in [0.29, 0.717) is 6.54 Å². The largest absolute Gasteiger partial charge is 0.340 e. The summed E-state index contributed by atoms with van der Waals surface area (Å²) in [7, 11) is 0. The Morgan fingerprint density at radius 2 is 2.26 bits per heavy atom. The van der Waals surface area contributed by atoms with Gasteiger partial charge in [0.1, 0.15) is 24.5 Å². The number of piperidine rings is 1. The number of carbonyl (C=O) groups excluding carboxylic acids is 1. The Morgan fingerprint density at radius 3 is 3.00 bits per heavy atom. The van der Waals surface area contributed by atoms with Gasteiger partial charge < -0.3 is 4.90 Å². The molecule has 3 aromatic heterocycles. The number of aromatic nitrogens is 5. The molecule has 1 fully saturated rings. The average Bonchev–Trinajstić information content (AvgIpc) is 3.40. The molecule has 27 heavy (non-hydrogen) atoms. The first-order valence-electron chi connectivity index (χ1n) is 9.14. The molecule has 0 unspecified atom stereocenters. The van der Waals surface area contributed by atoms with Crippen LogP contribution in [0.2, 0.25) is 0 Å². The van der Waals surface area contributed by atoms with Crippen molar-refractivity contribution >= 4 is 17.2 Å². The number of hydrogen-bond acceptors (Lipinski definition) is 6. The molecule has 0 aliphatic carbocycles. The number of aryl methyl sites for hydroxylation is 1. The van der Waals surface area contributed by atoms with Crippen molar-refractivity contribution in [1.29, 1.82) is 0 Å². The molecule has 1 aliphatic rings. The summed E-state index contributed by atoms with van der Waals surface area (Å²) < 4.78 is 1.60. The topological polar surface area (TPSA) is 76.8 Å². The van der Waals surface area contributed by atoms with Crippen molar-refractivity contribution < 1.29 is 4.79 Å². The molecule has 0 aromatic carbocycles. The van der Waals surface area contributed by atoms with Crippen LogP contribution in [0.5, 0.6) is 0 Å². The third-order valence-electron chi connectivity index (χ3n) is 4.93. The van der Waals surface area contributed by atoms with E-state index in [1.165, 1.54) is 6.33 Å². The first kappa shape index (κ1) is 17.8. The molecule has 7 nitrogen and oxygen atoms in total. The number of nitrogens with zero attached hydrogens (tertiary/aromatic N) is 6. The summed E-state index contributed by atoms with van der Waals surface area (Å²) in [5.74, 6) is 1.06. The van der Waals surface area contributed by atoms with Gasteiger partial charge in [-0.25, -0.2) is 19.6 Å². The molecular formula is C19H22N6OS. The zero-order chi connectivity index (χ0) is 18.8. The predicted molar refractivity (Wildman–Crippen MR) is 103 cm³/mol. The van der Waals surface area contributed by atoms with Crippen LogP contribution in [0.4, 0.5) is 0 Å². The van der Waals surface area contributed by atoms with Crippen molar-refractivity contribution in [3.05, 3.63) is 47.8 Å². The van der Waals surface area contributed by atoms with Gasteiger partial charge in [-0.3, -0.25) is 4.79 Å². The zero-order valence-electron chi connectivity index (χ0n) is 15.4. The first-order chi connectivity index (χ1) is 13.1. The second kappa shape index (κ2) is 7.56. The van der Waals surface area contributed by atoms with Gasteiger partial charge in [-0.15, -0.1) is 11.3 Å². The Bertz CT molecular complexity index is 908. The van der Waals surface area contributed by atoms with Crippen LogP contribution >= 0.6 is 11.3 Å². The summed E-state index contributed by atoms with van der Waals surface area (Å²) in [4.78, 5) is 29.4. The normalized spacial score (nSPS) is 18.4. The molecule has 8 heteroatoms. The van der Waals surface area contributed by atoms with Crippen LogP contribution in [0.1, 0.15) is 43.2 Å². The highest BCUT2D eigenvalue weighted by Crippen LogP contribution is 2.29. The summed E-state index contributed by atoms with van der Waals surface area (Å²) >= 11 is 1.68. The summed E-state index contributed by atoms with van der Waals surface area (Å²) in [5, 5.41) is 6.15. The maximum atomic E-state index is 12.9. The van der Waals surface area contributed by atoms with Crippen molar-refractivity contribution in [1.82, 2.24) is 29.6 Å². The lowest BCUT2D eigenvalue weighted by molar-refractivity contribution is -0.135. The highest BCUT2D eigenvalue weighted by molar-refractivity contribution is 7.13. The smallest absolute Gasteiger partial charge is 0.247 e. The van der Waals surface area contributed by atoms with E-state index >= 15 is 0 Å². The van der Waals surface area contributed by atoms with Gasteiger partial charge >= 0.3 is 0 Å². The molecule has 1 amide bonds. The fourth-order valence-electron chi connectivity index (χ4n) is 3.51. The van der Waals surface area contributed by atoms with Crippen molar-refractivity contribution in [2.24, 2.45) is 0 Å². The second-order valence-corrected chi connectivity index (χ2v) is 7.85. The van der Waals surface area contributed by atoms with E-state index in [1.807, 2.05) is 30.9 Å². The molecular weight excluding hydrogens is 360 g/mol. The van der Waals surface area contributed by atoms with Crippen LogP contribution in [0.3, 0.4) is 0 Å². The third kappa shape index (κ3) is 3.75. The Labute approximate surface area is 162 Å².